The molecule has 16 N–H and O–H groups in total. The molecule has 0 spiro atoms. The van der Waals surface area contributed by atoms with Crippen molar-refractivity contribution in [1.29, 1.82) is 0 Å². The smallest absolute Gasteiger partial charge is 0.294 e. The van der Waals surface area contributed by atoms with Gasteiger partial charge in [0, 0.05) is 11.5 Å². The zero-order valence-corrected chi connectivity index (χ0v) is 22.5. The van der Waals surface area contributed by atoms with Crippen molar-refractivity contribution in [3.05, 3.63) is 28.8 Å². The summed E-state index contributed by atoms with van der Waals surface area (Å²) < 4.78 is 10.2. The Morgan fingerprint density at radius 3 is 1.59 bits per heavy atom. The van der Waals surface area contributed by atoms with Gasteiger partial charge in [-0.15, -0.1) is 4.90 Å². The van der Waals surface area contributed by atoms with Crippen molar-refractivity contribution in [3.8, 4) is 40.2 Å². The van der Waals surface area contributed by atoms with E-state index in [4.69, 9.17) is 9.47 Å². The van der Waals surface area contributed by atoms with Crippen LogP contribution in [0.4, 0.5) is 0 Å². The lowest BCUT2D eigenvalue weighted by atomic mass is 9.69. The molecule has 2 aromatic rings. The van der Waals surface area contributed by atoms with Crippen molar-refractivity contribution in [2.24, 2.45) is 5.92 Å². The Bertz CT molecular complexity index is 1470. The number of likely N-dealkylation sites (tertiary alicyclic amines) is 1. The molecule has 1 aliphatic heterocycles. The van der Waals surface area contributed by atoms with E-state index in [1.165, 1.54) is 26.4 Å². The quantitative estimate of drug-likeness (QED) is 0.0799. The van der Waals surface area contributed by atoms with Gasteiger partial charge in [-0.3, -0.25) is 4.79 Å². The van der Waals surface area contributed by atoms with Gasteiger partial charge in [0.15, 0.2) is 34.4 Å². The molecule has 1 aliphatic carbocycles. The van der Waals surface area contributed by atoms with Gasteiger partial charge in [0.25, 0.3) is 29.3 Å². The number of hydrogen-bond acceptors (Lipinski definition) is 20. The predicted octanol–water partition coefficient (Wildman–Crippen LogP) is -5.54. The van der Waals surface area contributed by atoms with Gasteiger partial charge in [0.2, 0.25) is 17.2 Å². The molecule has 2 aromatic carbocycles. The van der Waals surface area contributed by atoms with E-state index in [-0.39, 0.29) is 22.6 Å². The molecular weight excluding hydrogens is 606 g/mol. The first-order chi connectivity index (χ1) is 19.9. The second-order valence-electron chi connectivity index (χ2n) is 10.4. The average Bonchev–Trinajstić information content (AvgIpc) is 3.21. The Morgan fingerprint density at radius 2 is 1.16 bits per heavy atom. The number of hydrogen-bond donors (Lipinski definition) is 16. The topological polar surface area (TPSA) is 362 Å². The summed E-state index contributed by atoms with van der Waals surface area (Å²) in [4.78, 5) is 11.6. The van der Waals surface area contributed by atoms with E-state index in [0.29, 0.717) is 0 Å². The molecule has 1 atom stereocenters. The first-order valence-electron chi connectivity index (χ1n) is 12.1. The third-order valence-electron chi connectivity index (χ3n) is 7.98. The molecule has 4 rings (SSSR count). The number of ether oxygens (including phenoxy) is 2. The Labute approximate surface area is 244 Å². The zero-order valence-electron chi connectivity index (χ0n) is 22.5. The molecule has 20 heteroatoms. The van der Waals surface area contributed by atoms with E-state index in [2.05, 4.69) is 0 Å². The third-order valence-corrected chi connectivity index (χ3v) is 7.98. The third kappa shape index (κ3) is 3.86. The lowest BCUT2D eigenvalue weighted by Gasteiger charge is -2.64. The van der Waals surface area contributed by atoms with Crippen LogP contribution in [0, 0.1) is 5.92 Å². The minimum atomic E-state index is -5.12. The van der Waals surface area contributed by atoms with Gasteiger partial charge < -0.3 is 91.2 Å². The number of ketones is 1. The Morgan fingerprint density at radius 1 is 0.750 bits per heavy atom. The molecule has 0 aromatic heterocycles. The van der Waals surface area contributed by atoms with Crippen molar-refractivity contribution in [1.82, 2.24) is 4.90 Å². The van der Waals surface area contributed by atoms with E-state index in [1.807, 2.05) is 0 Å². The van der Waals surface area contributed by atoms with E-state index in [9.17, 15) is 86.5 Å². The van der Waals surface area contributed by atoms with Gasteiger partial charge in [-0.05, 0) is 30.5 Å². The van der Waals surface area contributed by atoms with Crippen LogP contribution in [0.3, 0.4) is 0 Å². The first kappa shape index (κ1) is 33.1. The maximum absolute atomic E-state index is 13.2. The maximum Gasteiger partial charge on any atom is 0.294 e. The minimum Gasteiger partial charge on any atom is -0.504 e. The molecular formula is C24H29NO19. The molecule has 244 valence electrons. The van der Waals surface area contributed by atoms with Gasteiger partial charge in [-0.2, -0.15) is 0 Å². The standard InChI is InChI=1S/C24H29NO19/c1-43-10-4-7-3-8(13(26)9(7)5-11(10)44-2)6-19(32)21(35,36)23(39,40)25(24(41,42)22(19,37)38)20(33,34)12-14(27)16(29)18(31)17(30)15(12)28/h4-5,8,27-42H,3,6H2,1-2H3. The molecule has 0 saturated carbocycles. The van der Waals surface area contributed by atoms with Crippen LogP contribution in [0.2, 0.25) is 0 Å². The Balaban J connectivity index is 1.87. The summed E-state index contributed by atoms with van der Waals surface area (Å²) in [7, 11) is 2.50. The summed E-state index contributed by atoms with van der Waals surface area (Å²) >= 11 is 0. The number of phenolic OH excluding ortho intramolecular Hbond substituents is 5. The normalized spacial score (nSPS) is 23.3. The van der Waals surface area contributed by atoms with Gasteiger partial charge in [-0.1, -0.05) is 0 Å². The van der Waals surface area contributed by atoms with Crippen molar-refractivity contribution in [2.45, 2.75) is 47.8 Å². The molecule has 1 saturated heterocycles. The SMILES string of the molecule is COc1cc2c(cc1OC)C(=O)C(CC1(O)C(O)(O)C(O)(O)N(C(O)(O)c3c(O)c(O)c(O)c(O)c3O)C(O)(O)C1(O)O)C2. The summed E-state index contributed by atoms with van der Waals surface area (Å²) in [6, 6.07) is 2.50. The average molecular weight is 635 g/mol. The van der Waals surface area contributed by atoms with Crippen molar-refractivity contribution in [3.63, 3.8) is 0 Å². The highest BCUT2D eigenvalue weighted by Crippen LogP contribution is 2.60. The summed E-state index contributed by atoms with van der Waals surface area (Å²) in [5.41, 5.74) is -6.49. The molecule has 0 amide bonds. The predicted molar refractivity (Wildman–Crippen MR) is 132 cm³/mol. The largest absolute Gasteiger partial charge is 0.504 e. The summed E-state index contributed by atoms with van der Waals surface area (Å²) in [5, 5.41) is 169. The number of fused-ring (bicyclic) bond motifs is 1. The van der Waals surface area contributed by atoms with Crippen LogP contribution in [0.5, 0.6) is 40.2 Å². The number of aromatic hydroxyl groups is 5. The number of Topliss-reactive ketones (excluding diaryl/α,β-unsaturated/α-hetero) is 1. The zero-order chi connectivity index (χ0) is 33.7. The lowest BCUT2D eigenvalue weighted by Crippen LogP contribution is -2.95. The van der Waals surface area contributed by atoms with Crippen LogP contribution < -0.4 is 9.47 Å². The number of nitrogens with zero attached hydrogens (tertiary/aromatic N) is 1. The van der Waals surface area contributed by atoms with Crippen molar-refractivity contribution >= 4 is 5.78 Å². The van der Waals surface area contributed by atoms with Crippen LogP contribution >= 0.6 is 0 Å². The fourth-order valence-corrected chi connectivity index (χ4v) is 5.58. The highest BCUT2D eigenvalue weighted by atomic mass is 16.7. The Kier molecular flexibility index (Phi) is 7.24. The van der Waals surface area contributed by atoms with E-state index in [1.54, 1.807) is 0 Å². The van der Waals surface area contributed by atoms with E-state index in [0.717, 1.165) is 0 Å². The number of methoxy groups -OCH3 is 2. The van der Waals surface area contributed by atoms with Crippen LogP contribution in [0.1, 0.15) is 27.9 Å². The van der Waals surface area contributed by atoms with Gasteiger partial charge >= 0.3 is 0 Å². The summed E-state index contributed by atoms with van der Waals surface area (Å²) in [6.07, 6.45) is -2.07. The van der Waals surface area contributed by atoms with E-state index < -0.39 is 98.7 Å². The summed E-state index contributed by atoms with van der Waals surface area (Å²) in [6.45, 7) is 0. The molecule has 1 heterocycles. The Hall–Kier alpha value is -3.77. The maximum atomic E-state index is 13.2. The number of phenols is 5. The van der Waals surface area contributed by atoms with Crippen LogP contribution in [-0.2, 0) is 12.3 Å². The number of carbonyl (C=O) groups excluding carboxylic acids is 1. The number of benzene rings is 2. The number of carbonyl (C=O) groups is 1. The second kappa shape index (κ2) is 9.61. The van der Waals surface area contributed by atoms with E-state index >= 15 is 0 Å². The molecule has 0 radical (unpaired) electrons. The van der Waals surface area contributed by atoms with Crippen LogP contribution in [-0.4, -0.2) is 136 Å². The molecule has 0 bridgehead atoms. The number of piperidine rings is 1. The summed E-state index contributed by atoms with van der Waals surface area (Å²) in [5.74, 6) is -37.0. The molecule has 44 heavy (non-hydrogen) atoms. The van der Waals surface area contributed by atoms with Crippen molar-refractivity contribution < 1.29 is 96.0 Å². The fourth-order valence-electron chi connectivity index (χ4n) is 5.58. The molecule has 20 nitrogen and oxygen atoms in total. The first-order valence-corrected chi connectivity index (χ1v) is 12.1. The number of rotatable bonds is 6. The fraction of sp³-hybridized carbons (Fsp3) is 0.458. The highest BCUT2D eigenvalue weighted by molar-refractivity contribution is 6.03. The van der Waals surface area contributed by atoms with Gasteiger partial charge in [0.1, 0.15) is 5.56 Å². The van der Waals surface area contributed by atoms with Gasteiger partial charge in [-0.25, -0.2) is 0 Å². The van der Waals surface area contributed by atoms with Crippen molar-refractivity contribution in [2.75, 3.05) is 14.2 Å². The lowest BCUT2D eigenvalue weighted by molar-refractivity contribution is -0.629. The molecule has 1 fully saturated rings. The second-order valence-corrected chi connectivity index (χ2v) is 10.4. The van der Waals surface area contributed by atoms with Crippen LogP contribution in [0.25, 0.3) is 0 Å². The van der Waals surface area contributed by atoms with Gasteiger partial charge in [0.05, 0.1) is 14.2 Å². The minimum absolute atomic E-state index is 0.0547. The molecule has 2 aliphatic rings. The molecule has 1 unspecified atom stereocenters. The monoisotopic (exact) mass is 635 g/mol. The highest BCUT2D eigenvalue weighted by Gasteiger charge is 2.87. The van der Waals surface area contributed by atoms with Crippen LogP contribution in [0.15, 0.2) is 12.1 Å². The number of aliphatic hydroxyl groups is 11.